The van der Waals surface area contributed by atoms with Gasteiger partial charge in [0.2, 0.25) is 0 Å². The van der Waals surface area contributed by atoms with Gasteiger partial charge in [0, 0.05) is 16.6 Å². The van der Waals surface area contributed by atoms with Crippen LogP contribution in [0.2, 0.25) is 5.15 Å². The summed E-state index contributed by atoms with van der Waals surface area (Å²) in [5, 5.41) is 3.79. The van der Waals surface area contributed by atoms with E-state index in [1.165, 1.54) is 17.5 Å². The molecule has 2 aromatic heterocycles. The van der Waals surface area contributed by atoms with E-state index >= 15 is 0 Å². The lowest BCUT2D eigenvalue weighted by atomic mass is 10.1. The summed E-state index contributed by atoms with van der Waals surface area (Å²) in [6.07, 6.45) is 1.45. The Balaban J connectivity index is 1.89. The molecular weight excluding hydrogens is 342 g/mol. The molecule has 3 aromatic rings. The molecule has 1 N–H and O–H groups in total. The molecule has 0 aliphatic carbocycles. The molecule has 0 fully saturated rings. The second-order valence-electron chi connectivity index (χ2n) is 5.58. The third-order valence-corrected chi connectivity index (χ3v) is 4.93. The number of carbonyl (C=O) groups excluding carboxylic acids is 1. The number of rotatable bonds is 4. The van der Waals surface area contributed by atoms with E-state index in [4.69, 9.17) is 11.6 Å². The Morgan fingerprint density at radius 2 is 1.92 bits per heavy atom. The third-order valence-electron chi connectivity index (χ3n) is 3.44. The molecule has 0 spiro atoms. The second kappa shape index (κ2) is 7.11. The van der Waals surface area contributed by atoms with E-state index in [2.05, 4.69) is 29.1 Å². The van der Waals surface area contributed by atoms with E-state index in [0.29, 0.717) is 21.8 Å². The van der Waals surface area contributed by atoms with E-state index in [-0.39, 0.29) is 5.91 Å². The lowest BCUT2D eigenvalue weighted by molar-refractivity contribution is 0.102. The highest BCUT2D eigenvalue weighted by Gasteiger charge is 2.17. The highest BCUT2D eigenvalue weighted by molar-refractivity contribution is 7.16. The zero-order chi connectivity index (χ0) is 17.1. The molecule has 3 rings (SSSR count). The predicted octanol–water partition coefficient (Wildman–Crippen LogP) is 5.23. The first-order valence-corrected chi connectivity index (χ1v) is 8.73. The Bertz CT molecular complexity index is 844. The fourth-order valence-corrected chi connectivity index (χ4v) is 3.36. The maximum atomic E-state index is 12.3. The molecule has 0 atom stereocenters. The van der Waals surface area contributed by atoms with E-state index in [1.54, 1.807) is 12.1 Å². The average molecular weight is 358 g/mol. The van der Waals surface area contributed by atoms with E-state index in [9.17, 15) is 4.79 Å². The normalized spacial score (nSPS) is 10.8. The molecule has 1 amide bonds. The highest BCUT2D eigenvalue weighted by atomic mass is 35.5. The summed E-state index contributed by atoms with van der Waals surface area (Å²) >= 11 is 7.25. The number of thiazole rings is 1. The molecule has 0 unspecified atom stereocenters. The van der Waals surface area contributed by atoms with Gasteiger partial charge in [-0.2, -0.15) is 0 Å². The topological polar surface area (TPSA) is 54.9 Å². The van der Waals surface area contributed by atoms with Crippen LogP contribution in [-0.4, -0.2) is 15.9 Å². The summed E-state index contributed by atoms with van der Waals surface area (Å²) in [7, 11) is 0. The van der Waals surface area contributed by atoms with Crippen LogP contribution in [0, 0.1) is 0 Å². The van der Waals surface area contributed by atoms with Crippen LogP contribution in [0.25, 0.3) is 11.3 Å². The van der Waals surface area contributed by atoms with Gasteiger partial charge < -0.3 is 0 Å². The monoisotopic (exact) mass is 357 g/mol. The van der Waals surface area contributed by atoms with Crippen molar-refractivity contribution in [2.24, 2.45) is 0 Å². The van der Waals surface area contributed by atoms with Crippen LogP contribution in [-0.2, 0) is 0 Å². The van der Waals surface area contributed by atoms with E-state index < -0.39 is 0 Å². The second-order valence-corrected chi connectivity index (χ2v) is 6.99. The average Bonchev–Trinajstić information content (AvgIpc) is 3.00. The van der Waals surface area contributed by atoms with Crippen molar-refractivity contribution in [2.45, 2.75) is 19.8 Å². The lowest BCUT2D eigenvalue weighted by Gasteiger charge is -2.04. The number of pyridine rings is 1. The van der Waals surface area contributed by atoms with Gasteiger partial charge in [-0.15, -0.1) is 11.3 Å². The Morgan fingerprint density at radius 1 is 1.17 bits per heavy atom. The molecular formula is C18H16ClN3OS. The van der Waals surface area contributed by atoms with E-state index in [0.717, 1.165) is 16.1 Å². The van der Waals surface area contributed by atoms with Gasteiger partial charge in [0.1, 0.15) is 5.15 Å². The van der Waals surface area contributed by atoms with Crippen molar-refractivity contribution < 1.29 is 4.79 Å². The molecule has 0 saturated heterocycles. The summed E-state index contributed by atoms with van der Waals surface area (Å²) in [5.41, 5.74) is 2.41. The number of anilines is 1. The van der Waals surface area contributed by atoms with Gasteiger partial charge in [-0.1, -0.05) is 55.8 Å². The van der Waals surface area contributed by atoms with Gasteiger partial charge in [0.25, 0.3) is 5.91 Å². The van der Waals surface area contributed by atoms with Crippen molar-refractivity contribution in [3.8, 4) is 11.3 Å². The number of hydrogen-bond acceptors (Lipinski definition) is 4. The lowest BCUT2D eigenvalue weighted by Crippen LogP contribution is -2.11. The molecule has 24 heavy (non-hydrogen) atoms. The highest BCUT2D eigenvalue weighted by Crippen LogP contribution is 2.36. The van der Waals surface area contributed by atoms with Gasteiger partial charge in [-0.25, -0.2) is 9.97 Å². The summed E-state index contributed by atoms with van der Waals surface area (Å²) < 4.78 is 0. The Morgan fingerprint density at radius 3 is 2.54 bits per heavy atom. The number of nitrogens with one attached hydrogen (secondary N) is 1. The number of halogens is 1. The van der Waals surface area contributed by atoms with Crippen molar-refractivity contribution in [1.82, 2.24) is 9.97 Å². The van der Waals surface area contributed by atoms with Crippen molar-refractivity contribution in [3.63, 3.8) is 0 Å². The van der Waals surface area contributed by atoms with Gasteiger partial charge in [0.05, 0.1) is 11.3 Å². The summed E-state index contributed by atoms with van der Waals surface area (Å²) in [4.78, 5) is 22.0. The van der Waals surface area contributed by atoms with Gasteiger partial charge >= 0.3 is 0 Å². The van der Waals surface area contributed by atoms with E-state index in [1.807, 2.05) is 30.3 Å². The first kappa shape index (κ1) is 16.6. The maximum Gasteiger partial charge on any atom is 0.259 e. The first-order chi connectivity index (χ1) is 11.5. The zero-order valence-corrected chi connectivity index (χ0v) is 14.9. The number of amides is 1. The van der Waals surface area contributed by atoms with Crippen LogP contribution in [0.3, 0.4) is 0 Å². The van der Waals surface area contributed by atoms with Crippen LogP contribution in [0.4, 0.5) is 5.13 Å². The standard InChI is InChI=1S/C18H16ClN3OS/c1-11(2)16-15(12-6-4-3-5-7-12)21-18(24-16)22-17(23)13-8-9-14(19)20-10-13/h3-11H,1-2H3,(H,21,22,23). The molecule has 122 valence electrons. The van der Waals surface area contributed by atoms with Crippen LogP contribution in [0.15, 0.2) is 48.7 Å². The minimum absolute atomic E-state index is 0.247. The number of carbonyl (C=O) groups is 1. The SMILES string of the molecule is CC(C)c1sc(NC(=O)c2ccc(Cl)nc2)nc1-c1ccccc1. The summed E-state index contributed by atoms with van der Waals surface area (Å²) in [5.74, 6) is 0.0726. The molecule has 4 nitrogen and oxygen atoms in total. The molecule has 6 heteroatoms. The predicted molar refractivity (Wildman–Crippen MR) is 98.8 cm³/mol. The molecule has 1 aromatic carbocycles. The fourth-order valence-electron chi connectivity index (χ4n) is 2.26. The summed E-state index contributed by atoms with van der Waals surface area (Å²) in [6, 6.07) is 13.2. The quantitative estimate of drug-likeness (QED) is 0.650. The van der Waals surface area contributed by atoms with Gasteiger partial charge in [-0.05, 0) is 18.1 Å². The van der Waals surface area contributed by atoms with Crippen LogP contribution in [0.5, 0.6) is 0 Å². The van der Waals surface area contributed by atoms with Crippen LogP contribution >= 0.6 is 22.9 Å². The Hall–Kier alpha value is -2.24. The van der Waals surface area contributed by atoms with Crippen molar-refractivity contribution in [3.05, 3.63) is 64.3 Å². The number of aromatic nitrogens is 2. The number of hydrogen-bond donors (Lipinski definition) is 1. The molecule has 0 radical (unpaired) electrons. The summed E-state index contributed by atoms with van der Waals surface area (Å²) in [6.45, 7) is 4.24. The minimum Gasteiger partial charge on any atom is -0.298 e. The third kappa shape index (κ3) is 3.63. The Labute approximate surface area is 149 Å². The van der Waals surface area contributed by atoms with Crippen molar-refractivity contribution in [1.29, 1.82) is 0 Å². The van der Waals surface area contributed by atoms with Gasteiger partial charge in [-0.3, -0.25) is 10.1 Å². The minimum atomic E-state index is -0.247. The van der Waals surface area contributed by atoms with Crippen LogP contribution in [0.1, 0.15) is 35.0 Å². The number of nitrogens with zero attached hydrogens (tertiary/aromatic N) is 2. The number of benzene rings is 1. The zero-order valence-electron chi connectivity index (χ0n) is 13.3. The van der Waals surface area contributed by atoms with Crippen molar-refractivity contribution >= 4 is 34.0 Å². The molecule has 2 heterocycles. The Kier molecular flexibility index (Phi) is 4.92. The smallest absolute Gasteiger partial charge is 0.259 e. The fraction of sp³-hybridized carbons (Fsp3) is 0.167. The molecule has 0 bridgehead atoms. The maximum absolute atomic E-state index is 12.3. The van der Waals surface area contributed by atoms with Crippen molar-refractivity contribution in [2.75, 3.05) is 5.32 Å². The van der Waals surface area contributed by atoms with Crippen LogP contribution < -0.4 is 5.32 Å². The largest absolute Gasteiger partial charge is 0.298 e. The molecule has 0 saturated carbocycles. The molecule has 0 aliphatic rings. The van der Waals surface area contributed by atoms with Gasteiger partial charge in [0.15, 0.2) is 5.13 Å². The molecule has 0 aliphatic heterocycles. The first-order valence-electron chi connectivity index (χ1n) is 7.53.